The molecule has 0 saturated carbocycles. The first-order valence-corrected chi connectivity index (χ1v) is 7.34. The summed E-state index contributed by atoms with van der Waals surface area (Å²) in [4.78, 5) is 7.07. The number of nitriles is 1. The molecule has 20 heavy (non-hydrogen) atoms. The van der Waals surface area contributed by atoms with Gasteiger partial charge in [-0.1, -0.05) is 0 Å². The SMILES string of the molecule is Cc1cc(C#N)ccc1S(=O)(=O)N(C)Cc1ncc[nH]1. The number of aryl methyl sites for hydroxylation is 1. The molecule has 0 radical (unpaired) electrons. The standard InChI is InChI=1S/C13H14N4O2S/c1-10-7-11(8-14)3-4-12(10)20(18,19)17(2)9-13-15-5-6-16-13/h3-7H,9H2,1-2H3,(H,15,16). The van der Waals surface area contributed by atoms with Gasteiger partial charge in [-0.3, -0.25) is 0 Å². The minimum Gasteiger partial charge on any atom is -0.347 e. The summed E-state index contributed by atoms with van der Waals surface area (Å²) in [6, 6.07) is 6.51. The van der Waals surface area contributed by atoms with Crippen LogP contribution in [-0.4, -0.2) is 29.7 Å². The van der Waals surface area contributed by atoms with Gasteiger partial charge in [0.05, 0.1) is 23.1 Å². The maximum atomic E-state index is 12.5. The zero-order valence-corrected chi connectivity index (χ0v) is 12.0. The number of aromatic amines is 1. The third-order valence-corrected chi connectivity index (χ3v) is 4.88. The normalized spacial score (nSPS) is 11.5. The van der Waals surface area contributed by atoms with Crippen LogP contribution in [0.25, 0.3) is 0 Å². The van der Waals surface area contributed by atoms with Crippen molar-refractivity contribution in [3.05, 3.63) is 47.5 Å². The van der Waals surface area contributed by atoms with Gasteiger partial charge in [-0.15, -0.1) is 0 Å². The fourth-order valence-electron chi connectivity index (χ4n) is 1.86. The van der Waals surface area contributed by atoms with Crippen molar-refractivity contribution in [2.24, 2.45) is 0 Å². The van der Waals surface area contributed by atoms with Gasteiger partial charge >= 0.3 is 0 Å². The van der Waals surface area contributed by atoms with Gasteiger partial charge in [0.2, 0.25) is 10.0 Å². The zero-order chi connectivity index (χ0) is 14.8. The molecule has 0 fully saturated rings. The van der Waals surface area contributed by atoms with Gasteiger partial charge in [0.25, 0.3) is 0 Å². The van der Waals surface area contributed by atoms with Crippen molar-refractivity contribution >= 4 is 10.0 Å². The lowest BCUT2D eigenvalue weighted by molar-refractivity contribution is 0.457. The molecule has 0 aliphatic rings. The Morgan fingerprint density at radius 2 is 2.20 bits per heavy atom. The number of benzene rings is 1. The van der Waals surface area contributed by atoms with Crippen LogP contribution in [-0.2, 0) is 16.6 Å². The number of hydrogen-bond donors (Lipinski definition) is 1. The average molecular weight is 290 g/mol. The van der Waals surface area contributed by atoms with Gasteiger partial charge in [0.1, 0.15) is 5.82 Å². The number of rotatable bonds is 4. The van der Waals surface area contributed by atoms with E-state index in [1.807, 2.05) is 6.07 Å². The van der Waals surface area contributed by atoms with E-state index in [1.54, 1.807) is 25.4 Å². The lowest BCUT2D eigenvalue weighted by Gasteiger charge is -2.17. The summed E-state index contributed by atoms with van der Waals surface area (Å²) in [5.41, 5.74) is 0.991. The van der Waals surface area contributed by atoms with Crippen molar-refractivity contribution < 1.29 is 8.42 Å². The number of hydrogen-bond acceptors (Lipinski definition) is 4. The molecule has 0 bridgehead atoms. The predicted octanol–water partition coefficient (Wildman–Crippen LogP) is 1.41. The average Bonchev–Trinajstić information content (AvgIpc) is 2.91. The Balaban J connectivity index is 2.33. The van der Waals surface area contributed by atoms with Gasteiger partial charge in [0.15, 0.2) is 0 Å². The first-order valence-electron chi connectivity index (χ1n) is 5.90. The molecule has 1 aromatic heterocycles. The third-order valence-electron chi connectivity index (χ3n) is 2.92. The van der Waals surface area contributed by atoms with Crippen LogP contribution in [0.4, 0.5) is 0 Å². The lowest BCUT2D eigenvalue weighted by Crippen LogP contribution is -2.27. The molecule has 0 amide bonds. The van der Waals surface area contributed by atoms with Gasteiger partial charge < -0.3 is 4.98 Å². The van der Waals surface area contributed by atoms with Crippen LogP contribution in [0.3, 0.4) is 0 Å². The van der Waals surface area contributed by atoms with Crippen LogP contribution < -0.4 is 0 Å². The summed E-state index contributed by atoms with van der Waals surface area (Å²) in [5, 5.41) is 8.81. The molecule has 0 spiro atoms. The van der Waals surface area contributed by atoms with E-state index in [2.05, 4.69) is 9.97 Å². The van der Waals surface area contributed by atoms with Crippen LogP contribution in [0.1, 0.15) is 17.0 Å². The summed E-state index contributed by atoms with van der Waals surface area (Å²) in [6.45, 7) is 1.84. The number of sulfonamides is 1. The maximum absolute atomic E-state index is 12.5. The quantitative estimate of drug-likeness (QED) is 0.921. The summed E-state index contributed by atoms with van der Waals surface area (Å²) in [6.07, 6.45) is 3.21. The summed E-state index contributed by atoms with van der Waals surface area (Å²) < 4.78 is 26.2. The van der Waals surface area contributed by atoms with E-state index < -0.39 is 10.0 Å². The minimum atomic E-state index is -3.61. The molecule has 0 unspecified atom stereocenters. The lowest BCUT2D eigenvalue weighted by atomic mass is 10.2. The van der Waals surface area contributed by atoms with E-state index in [4.69, 9.17) is 5.26 Å². The first-order chi connectivity index (χ1) is 9.45. The molecule has 2 rings (SSSR count). The number of H-pyrrole nitrogens is 1. The Hall–Kier alpha value is -2.17. The minimum absolute atomic E-state index is 0.161. The highest BCUT2D eigenvalue weighted by Gasteiger charge is 2.23. The highest BCUT2D eigenvalue weighted by Crippen LogP contribution is 2.20. The molecule has 2 aromatic rings. The van der Waals surface area contributed by atoms with Crippen LogP contribution in [0.2, 0.25) is 0 Å². The molecule has 6 nitrogen and oxygen atoms in total. The van der Waals surface area contributed by atoms with Crippen molar-refractivity contribution in [2.45, 2.75) is 18.4 Å². The highest BCUT2D eigenvalue weighted by molar-refractivity contribution is 7.89. The van der Waals surface area contributed by atoms with Crippen molar-refractivity contribution in [3.8, 4) is 6.07 Å². The van der Waals surface area contributed by atoms with Crippen molar-refractivity contribution in [2.75, 3.05) is 7.05 Å². The predicted molar refractivity (Wildman–Crippen MR) is 73.1 cm³/mol. The van der Waals surface area contributed by atoms with Crippen LogP contribution in [0.5, 0.6) is 0 Å². The summed E-state index contributed by atoms with van der Waals surface area (Å²) in [7, 11) is -2.11. The zero-order valence-electron chi connectivity index (χ0n) is 11.2. The Bertz CT molecular complexity index is 745. The van der Waals surface area contributed by atoms with Crippen LogP contribution >= 0.6 is 0 Å². The number of nitrogens with one attached hydrogen (secondary N) is 1. The van der Waals surface area contributed by atoms with Crippen LogP contribution in [0, 0.1) is 18.3 Å². The van der Waals surface area contributed by atoms with Crippen molar-refractivity contribution in [1.29, 1.82) is 5.26 Å². The number of aromatic nitrogens is 2. The molecule has 1 aromatic carbocycles. The maximum Gasteiger partial charge on any atom is 0.243 e. The molecule has 1 heterocycles. The fourth-order valence-corrected chi connectivity index (χ4v) is 3.19. The first kappa shape index (κ1) is 14.2. The smallest absolute Gasteiger partial charge is 0.243 e. The van der Waals surface area contributed by atoms with Gasteiger partial charge in [0, 0.05) is 19.4 Å². The Morgan fingerprint density at radius 1 is 1.45 bits per heavy atom. The van der Waals surface area contributed by atoms with E-state index in [0.717, 1.165) is 0 Å². The molecule has 1 N–H and O–H groups in total. The molecular weight excluding hydrogens is 276 g/mol. The van der Waals surface area contributed by atoms with E-state index in [1.165, 1.54) is 23.5 Å². The largest absolute Gasteiger partial charge is 0.347 e. The van der Waals surface area contributed by atoms with Crippen LogP contribution in [0.15, 0.2) is 35.5 Å². The topological polar surface area (TPSA) is 89.8 Å². The molecule has 7 heteroatoms. The number of imidazole rings is 1. The monoisotopic (exact) mass is 290 g/mol. The molecular formula is C13H14N4O2S. The third kappa shape index (κ3) is 2.71. The van der Waals surface area contributed by atoms with E-state index >= 15 is 0 Å². The van der Waals surface area contributed by atoms with Gasteiger partial charge in [-0.2, -0.15) is 9.57 Å². The molecule has 0 aliphatic carbocycles. The van der Waals surface area contributed by atoms with Crippen molar-refractivity contribution in [3.63, 3.8) is 0 Å². The summed E-state index contributed by atoms with van der Waals surface area (Å²) in [5.74, 6) is 0.572. The molecule has 0 saturated heterocycles. The van der Waals surface area contributed by atoms with Crippen molar-refractivity contribution in [1.82, 2.24) is 14.3 Å². The number of nitrogens with zero attached hydrogens (tertiary/aromatic N) is 3. The van der Waals surface area contributed by atoms with E-state index in [-0.39, 0.29) is 11.4 Å². The molecule has 104 valence electrons. The Morgan fingerprint density at radius 3 is 2.75 bits per heavy atom. The second-order valence-electron chi connectivity index (χ2n) is 4.39. The van der Waals surface area contributed by atoms with Gasteiger partial charge in [-0.05, 0) is 30.7 Å². The summed E-state index contributed by atoms with van der Waals surface area (Å²) >= 11 is 0. The van der Waals surface area contributed by atoms with E-state index in [0.29, 0.717) is 17.0 Å². The fraction of sp³-hybridized carbons (Fsp3) is 0.231. The molecule has 0 aliphatic heterocycles. The molecule has 0 atom stereocenters. The second kappa shape index (κ2) is 5.45. The Kier molecular flexibility index (Phi) is 3.88. The van der Waals surface area contributed by atoms with Gasteiger partial charge in [-0.25, -0.2) is 13.4 Å². The highest BCUT2D eigenvalue weighted by atomic mass is 32.2. The Labute approximate surface area is 117 Å². The second-order valence-corrected chi connectivity index (χ2v) is 6.40. The van der Waals surface area contributed by atoms with E-state index in [9.17, 15) is 8.42 Å².